The van der Waals surface area contributed by atoms with Gasteiger partial charge in [-0.15, -0.1) is 0 Å². The predicted octanol–water partition coefficient (Wildman–Crippen LogP) is 2.21. The van der Waals surface area contributed by atoms with E-state index in [0.29, 0.717) is 30.5 Å². The Hall–Kier alpha value is -3.16. The molecule has 0 bridgehead atoms. The van der Waals surface area contributed by atoms with Gasteiger partial charge in [0.05, 0.1) is 24.0 Å². The molecule has 144 valence electrons. The van der Waals surface area contributed by atoms with Crippen LogP contribution >= 0.6 is 0 Å². The summed E-state index contributed by atoms with van der Waals surface area (Å²) in [7, 11) is 0. The number of amidine groups is 1. The summed E-state index contributed by atoms with van der Waals surface area (Å²) >= 11 is 0. The van der Waals surface area contributed by atoms with Crippen LogP contribution < -0.4 is 26.0 Å². The third kappa shape index (κ3) is 5.16. The zero-order valence-electron chi connectivity index (χ0n) is 15.7. The van der Waals surface area contributed by atoms with Crippen LogP contribution in [0.1, 0.15) is 19.4 Å². The van der Waals surface area contributed by atoms with Crippen molar-refractivity contribution in [2.75, 3.05) is 18.5 Å². The minimum absolute atomic E-state index is 0.0523. The molecule has 2 unspecified atom stereocenters. The first-order chi connectivity index (χ1) is 13.0. The molecule has 2 amide bonds. The van der Waals surface area contributed by atoms with Crippen molar-refractivity contribution in [3.05, 3.63) is 48.1 Å². The van der Waals surface area contributed by atoms with Crippen molar-refractivity contribution in [1.82, 2.24) is 16.0 Å². The topological polar surface area (TPSA) is 96.0 Å². The van der Waals surface area contributed by atoms with E-state index in [0.717, 1.165) is 11.3 Å². The van der Waals surface area contributed by atoms with Gasteiger partial charge in [-0.25, -0.2) is 9.79 Å². The van der Waals surface area contributed by atoms with Crippen molar-refractivity contribution in [2.45, 2.75) is 32.9 Å². The molecule has 27 heavy (non-hydrogen) atoms. The maximum absolute atomic E-state index is 12.4. The Labute approximate surface area is 158 Å². The Bertz CT molecular complexity index is 788. The molecule has 2 aliphatic heterocycles. The number of aliphatic imine (C=N–C) groups is 1. The highest BCUT2D eigenvalue weighted by atomic mass is 16.5. The third-order valence-corrected chi connectivity index (χ3v) is 4.11. The second kappa shape index (κ2) is 8.48. The van der Waals surface area contributed by atoms with E-state index in [1.807, 2.05) is 39.0 Å². The fraction of sp³-hybridized carbons (Fsp3) is 0.368. The summed E-state index contributed by atoms with van der Waals surface area (Å²) < 4.78 is 11.1. The van der Waals surface area contributed by atoms with Gasteiger partial charge < -0.3 is 25.4 Å². The highest BCUT2D eigenvalue weighted by molar-refractivity contribution is 6.06. The number of nitrogens with one attached hydrogen (secondary N) is 4. The summed E-state index contributed by atoms with van der Waals surface area (Å²) in [5, 5.41) is 12.0. The largest absolute Gasteiger partial charge is 0.497 e. The lowest BCUT2D eigenvalue weighted by Crippen LogP contribution is -2.47. The standard InChI is InChI=1S/C19H25N5O3/c1-12-4-5-17(27-11-15-10-26-7-6-20-15)16(8-12)23-19(25)24-18-14(3)22-13(2)9-21-18/h4-9,14-15,20,22H,10-11H2,1-3H3,(H2,21,23,24,25). The van der Waals surface area contributed by atoms with Crippen LogP contribution in [0.5, 0.6) is 5.75 Å². The first-order valence-corrected chi connectivity index (χ1v) is 8.86. The lowest BCUT2D eigenvalue weighted by Gasteiger charge is -2.23. The van der Waals surface area contributed by atoms with E-state index in [-0.39, 0.29) is 18.1 Å². The van der Waals surface area contributed by atoms with E-state index in [1.54, 1.807) is 18.7 Å². The number of carbonyl (C=O) groups excluding carboxylic acids is 1. The number of amides is 2. The van der Waals surface area contributed by atoms with Gasteiger partial charge in [-0.2, -0.15) is 0 Å². The van der Waals surface area contributed by atoms with E-state index in [9.17, 15) is 4.79 Å². The second-order valence-electron chi connectivity index (χ2n) is 6.58. The Kier molecular flexibility index (Phi) is 5.85. The average molecular weight is 371 g/mol. The van der Waals surface area contributed by atoms with Crippen molar-refractivity contribution < 1.29 is 14.3 Å². The van der Waals surface area contributed by atoms with Crippen LogP contribution in [0.15, 0.2) is 47.6 Å². The van der Waals surface area contributed by atoms with Gasteiger partial charge >= 0.3 is 6.03 Å². The summed E-state index contributed by atoms with van der Waals surface area (Å²) in [6, 6.07) is 5.27. The van der Waals surface area contributed by atoms with E-state index in [2.05, 4.69) is 26.3 Å². The zero-order chi connectivity index (χ0) is 19.2. The summed E-state index contributed by atoms with van der Waals surface area (Å²) in [6.45, 7) is 6.77. The van der Waals surface area contributed by atoms with Crippen LogP contribution in [0, 0.1) is 6.92 Å². The third-order valence-electron chi connectivity index (χ3n) is 4.11. The number of rotatable bonds is 4. The number of aryl methyl sites for hydroxylation is 1. The Morgan fingerprint density at radius 2 is 2.22 bits per heavy atom. The number of hydrogen-bond donors (Lipinski definition) is 4. The van der Waals surface area contributed by atoms with Gasteiger partial charge in [0.25, 0.3) is 0 Å². The molecule has 2 atom stereocenters. The molecule has 1 aromatic carbocycles. The van der Waals surface area contributed by atoms with Crippen LogP contribution in [-0.4, -0.2) is 37.2 Å². The van der Waals surface area contributed by atoms with Gasteiger partial charge in [0, 0.05) is 18.1 Å². The summed E-state index contributed by atoms with van der Waals surface area (Å²) in [6.07, 6.45) is 5.04. The maximum Gasteiger partial charge on any atom is 0.324 e. The fourth-order valence-corrected chi connectivity index (χ4v) is 2.73. The lowest BCUT2D eigenvalue weighted by atomic mass is 10.2. The highest BCUT2D eigenvalue weighted by Gasteiger charge is 2.18. The van der Waals surface area contributed by atoms with Crippen molar-refractivity contribution in [1.29, 1.82) is 0 Å². The Balaban J connectivity index is 1.63. The zero-order valence-corrected chi connectivity index (χ0v) is 15.7. The molecule has 0 aromatic heterocycles. The molecule has 2 aliphatic rings. The van der Waals surface area contributed by atoms with Crippen molar-refractivity contribution in [3.8, 4) is 5.75 Å². The van der Waals surface area contributed by atoms with Crippen LogP contribution in [0.4, 0.5) is 10.5 Å². The maximum atomic E-state index is 12.4. The number of carbonyl (C=O) groups is 1. The van der Waals surface area contributed by atoms with Crippen LogP contribution in [-0.2, 0) is 4.74 Å². The molecule has 2 heterocycles. The molecule has 8 nitrogen and oxygen atoms in total. The van der Waals surface area contributed by atoms with E-state index >= 15 is 0 Å². The van der Waals surface area contributed by atoms with Gasteiger partial charge in [-0.1, -0.05) is 6.07 Å². The molecule has 0 aliphatic carbocycles. The molecule has 1 aromatic rings. The molecule has 0 spiro atoms. The Morgan fingerprint density at radius 3 is 2.96 bits per heavy atom. The van der Waals surface area contributed by atoms with Gasteiger partial charge in [0.2, 0.25) is 0 Å². The van der Waals surface area contributed by atoms with E-state index < -0.39 is 0 Å². The normalized spacial score (nSPS) is 21.0. The number of ether oxygens (including phenoxy) is 2. The van der Waals surface area contributed by atoms with E-state index in [1.165, 1.54) is 0 Å². The van der Waals surface area contributed by atoms with Crippen molar-refractivity contribution >= 4 is 17.6 Å². The minimum Gasteiger partial charge on any atom is -0.497 e. The number of nitrogens with zero attached hydrogens (tertiary/aromatic N) is 1. The first-order valence-electron chi connectivity index (χ1n) is 8.86. The molecule has 3 rings (SSSR count). The smallest absolute Gasteiger partial charge is 0.324 e. The van der Waals surface area contributed by atoms with Crippen LogP contribution in [0.3, 0.4) is 0 Å². The van der Waals surface area contributed by atoms with Gasteiger partial charge in [-0.3, -0.25) is 5.32 Å². The molecule has 0 radical (unpaired) electrons. The van der Waals surface area contributed by atoms with Gasteiger partial charge in [-0.05, 0) is 38.5 Å². The quantitative estimate of drug-likeness (QED) is 0.651. The van der Waals surface area contributed by atoms with Crippen LogP contribution in [0.2, 0.25) is 0 Å². The summed E-state index contributed by atoms with van der Waals surface area (Å²) in [4.78, 5) is 16.7. The van der Waals surface area contributed by atoms with Crippen LogP contribution in [0.25, 0.3) is 0 Å². The summed E-state index contributed by atoms with van der Waals surface area (Å²) in [5.74, 6) is 1.16. The summed E-state index contributed by atoms with van der Waals surface area (Å²) in [5.41, 5.74) is 2.57. The monoisotopic (exact) mass is 371 g/mol. The predicted molar refractivity (Wildman–Crippen MR) is 105 cm³/mol. The molecule has 0 saturated heterocycles. The number of benzene rings is 1. The Morgan fingerprint density at radius 1 is 1.37 bits per heavy atom. The van der Waals surface area contributed by atoms with Crippen molar-refractivity contribution in [2.24, 2.45) is 4.99 Å². The van der Waals surface area contributed by atoms with Gasteiger partial charge in [0.1, 0.15) is 24.8 Å². The molecule has 0 saturated carbocycles. The molecular formula is C19H25N5O3. The number of allylic oxidation sites excluding steroid dienone is 1. The van der Waals surface area contributed by atoms with Gasteiger partial charge in [0.15, 0.2) is 0 Å². The second-order valence-corrected chi connectivity index (χ2v) is 6.58. The highest BCUT2D eigenvalue weighted by Crippen LogP contribution is 2.26. The number of anilines is 1. The SMILES string of the molecule is CC1=CN=C(NC(=O)Nc2cc(C)ccc2OCC2COC=CN2)C(C)N1. The molecule has 0 fully saturated rings. The molecule has 4 N–H and O–H groups in total. The number of urea groups is 1. The molecule has 8 heteroatoms. The lowest BCUT2D eigenvalue weighted by molar-refractivity contribution is 0.156. The number of hydrogen-bond acceptors (Lipinski definition) is 6. The fourth-order valence-electron chi connectivity index (χ4n) is 2.73. The average Bonchev–Trinajstić information content (AvgIpc) is 2.64. The van der Waals surface area contributed by atoms with Crippen molar-refractivity contribution in [3.63, 3.8) is 0 Å². The van der Waals surface area contributed by atoms with E-state index in [4.69, 9.17) is 9.47 Å². The first kappa shape index (κ1) is 18.6. The minimum atomic E-state index is -0.368. The molecular weight excluding hydrogens is 346 g/mol.